The van der Waals surface area contributed by atoms with Gasteiger partial charge in [-0.2, -0.15) is 0 Å². The zero-order chi connectivity index (χ0) is 13.7. The summed E-state index contributed by atoms with van der Waals surface area (Å²) in [6, 6.07) is 4.61. The number of nitrogens with one attached hydrogen (secondary N) is 1. The smallest absolute Gasteiger partial charge is 0.145 e. The Balaban J connectivity index is 2.07. The van der Waals surface area contributed by atoms with Gasteiger partial charge in [0.05, 0.1) is 6.61 Å². The van der Waals surface area contributed by atoms with E-state index in [0.717, 1.165) is 19.5 Å². The Morgan fingerprint density at radius 1 is 1.53 bits per heavy atom. The Labute approximate surface area is 118 Å². The summed E-state index contributed by atoms with van der Waals surface area (Å²) >= 11 is 5.92. The first-order chi connectivity index (χ1) is 9.22. The van der Waals surface area contributed by atoms with E-state index >= 15 is 0 Å². The minimum absolute atomic E-state index is 0.0370. The molecule has 0 radical (unpaired) electrons. The van der Waals surface area contributed by atoms with E-state index in [1.807, 2.05) is 6.92 Å². The van der Waals surface area contributed by atoms with Crippen LogP contribution in [0.5, 0.6) is 5.75 Å². The summed E-state index contributed by atoms with van der Waals surface area (Å²) < 4.78 is 24.7. The Kier molecular flexibility index (Phi) is 5.43. The first kappa shape index (κ1) is 14.6. The van der Waals surface area contributed by atoms with Crippen molar-refractivity contribution < 1.29 is 13.9 Å². The Morgan fingerprint density at radius 2 is 2.37 bits per heavy atom. The van der Waals surface area contributed by atoms with E-state index in [2.05, 4.69) is 5.32 Å². The lowest BCUT2D eigenvalue weighted by atomic mass is 10.0. The summed E-state index contributed by atoms with van der Waals surface area (Å²) in [4.78, 5) is 0. The second-order valence-electron chi connectivity index (χ2n) is 4.62. The summed E-state index contributed by atoms with van der Waals surface area (Å²) in [6.07, 6.45) is 0.930. The molecule has 1 N–H and O–H groups in total. The molecule has 5 heteroatoms. The highest BCUT2D eigenvalue weighted by atomic mass is 35.5. The first-order valence-corrected chi connectivity index (χ1v) is 6.99. The number of hydrogen-bond donors (Lipinski definition) is 1. The molecule has 0 spiro atoms. The number of benzene rings is 1. The molecule has 0 aliphatic carbocycles. The zero-order valence-electron chi connectivity index (χ0n) is 11.0. The largest absolute Gasteiger partial charge is 0.486 e. The molecule has 1 saturated heterocycles. The summed E-state index contributed by atoms with van der Waals surface area (Å²) in [6.45, 7) is 4.95. The van der Waals surface area contributed by atoms with Gasteiger partial charge in [-0.05, 0) is 32.0 Å². The fourth-order valence-electron chi connectivity index (χ4n) is 2.23. The standard InChI is InChI=1S/C14H19ClFNO2/c1-2-18-9-13(10-6-7-17-8-10)19-12-5-3-4-11(16)14(12)15/h3-5,10,13,17H,2,6-9H2,1H3/t10?,13-/m1/s1. The van der Waals surface area contributed by atoms with Gasteiger partial charge < -0.3 is 14.8 Å². The molecular formula is C14H19ClFNO2. The third kappa shape index (κ3) is 3.81. The fourth-order valence-corrected chi connectivity index (χ4v) is 2.40. The van der Waals surface area contributed by atoms with Gasteiger partial charge in [0.25, 0.3) is 0 Å². The Morgan fingerprint density at radius 3 is 3.05 bits per heavy atom. The van der Waals surface area contributed by atoms with Crippen molar-refractivity contribution in [3.63, 3.8) is 0 Å². The highest BCUT2D eigenvalue weighted by Crippen LogP contribution is 2.29. The molecule has 106 valence electrons. The molecule has 19 heavy (non-hydrogen) atoms. The normalized spacial score (nSPS) is 20.5. The fraction of sp³-hybridized carbons (Fsp3) is 0.571. The van der Waals surface area contributed by atoms with E-state index in [1.54, 1.807) is 12.1 Å². The SMILES string of the molecule is CCOC[C@@H](Oc1cccc(F)c1Cl)C1CCNC1. The van der Waals surface area contributed by atoms with Crippen LogP contribution in [0.2, 0.25) is 5.02 Å². The van der Waals surface area contributed by atoms with E-state index in [4.69, 9.17) is 21.1 Å². The van der Waals surface area contributed by atoms with Crippen molar-refractivity contribution in [3.05, 3.63) is 29.0 Å². The second-order valence-corrected chi connectivity index (χ2v) is 5.00. The lowest BCUT2D eigenvalue weighted by molar-refractivity contribution is 0.0290. The number of ether oxygens (including phenoxy) is 2. The maximum Gasteiger partial charge on any atom is 0.145 e. The van der Waals surface area contributed by atoms with Crippen LogP contribution in [-0.2, 0) is 4.74 Å². The van der Waals surface area contributed by atoms with Gasteiger partial charge in [-0.3, -0.25) is 0 Å². The Bertz CT molecular complexity index is 410. The number of hydrogen-bond acceptors (Lipinski definition) is 3. The molecule has 1 aliphatic heterocycles. The molecule has 0 aromatic heterocycles. The quantitative estimate of drug-likeness (QED) is 0.873. The second kappa shape index (κ2) is 7.08. The molecular weight excluding hydrogens is 269 g/mol. The van der Waals surface area contributed by atoms with Crippen LogP contribution in [0.25, 0.3) is 0 Å². The first-order valence-electron chi connectivity index (χ1n) is 6.61. The zero-order valence-corrected chi connectivity index (χ0v) is 11.8. The van der Waals surface area contributed by atoms with Gasteiger partial charge in [-0.1, -0.05) is 17.7 Å². The number of rotatable bonds is 6. The van der Waals surface area contributed by atoms with Gasteiger partial charge in [-0.25, -0.2) is 4.39 Å². The molecule has 2 atom stereocenters. The predicted molar refractivity (Wildman–Crippen MR) is 73.3 cm³/mol. The van der Waals surface area contributed by atoms with Crippen LogP contribution in [0, 0.1) is 11.7 Å². The maximum atomic E-state index is 13.4. The monoisotopic (exact) mass is 287 g/mol. The van der Waals surface area contributed by atoms with Gasteiger partial charge in [0.2, 0.25) is 0 Å². The van der Waals surface area contributed by atoms with Crippen molar-refractivity contribution >= 4 is 11.6 Å². The van der Waals surface area contributed by atoms with Crippen LogP contribution in [0.3, 0.4) is 0 Å². The highest BCUT2D eigenvalue weighted by Gasteiger charge is 2.27. The van der Waals surface area contributed by atoms with Crippen LogP contribution in [0.4, 0.5) is 4.39 Å². The van der Waals surface area contributed by atoms with Crippen molar-refractivity contribution in [1.29, 1.82) is 0 Å². The molecule has 3 nitrogen and oxygen atoms in total. The maximum absolute atomic E-state index is 13.4. The lowest BCUT2D eigenvalue weighted by Crippen LogP contribution is -2.33. The third-order valence-electron chi connectivity index (χ3n) is 3.30. The molecule has 1 aliphatic rings. The molecule has 1 aromatic carbocycles. The van der Waals surface area contributed by atoms with Gasteiger partial charge in [-0.15, -0.1) is 0 Å². The Hall–Kier alpha value is -0.840. The van der Waals surface area contributed by atoms with Crippen LogP contribution in [0.1, 0.15) is 13.3 Å². The van der Waals surface area contributed by atoms with Crippen LogP contribution in [-0.4, -0.2) is 32.4 Å². The van der Waals surface area contributed by atoms with E-state index < -0.39 is 5.82 Å². The van der Waals surface area contributed by atoms with Gasteiger partial charge >= 0.3 is 0 Å². The van der Waals surface area contributed by atoms with Crippen LogP contribution < -0.4 is 10.1 Å². The molecule has 1 unspecified atom stereocenters. The highest BCUT2D eigenvalue weighted by molar-refractivity contribution is 6.32. The topological polar surface area (TPSA) is 30.5 Å². The average Bonchev–Trinajstić information content (AvgIpc) is 2.93. The third-order valence-corrected chi connectivity index (χ3v) is 3.67. The van der Waals surface area contributed by atoms with E-state index in [0.29, 0.717) is 24.9 Å². The van der Waals surface area contributed by atoms with Crippen LogP contribution in [0.15, 0.2) is 18.2 Å². The average molecular weight is 288 g/mol. The minimum atomic E-state index is -0.459. The summed E-state index contributed by atoms with van der Waals surface area (Å²) in [7, 11) is 0. The van der Waals surface area contributed by atoms with Crippen molar-refractivity contribution in [2.45, 2.75) is 19.4 Å². The molecule has 1 heterocycles. The van der Waals surface area contributed by atoms with Crippen molar-refractivity contribution in [1.82, 2.24) is 5.32 Å². The van der Waals surface area contributed by atoms with E-state index in [9.17, 15) is 4.39 Å². The van der Waals surface area contributed by atoms with Crippen molar-refractivity contribution in [3.8, 4) is 5.75 Å². The molecule has 0 saturated carbocycles. The minimum Gasteiger partial charge on any atom is -0.486 e. The molecule has 2 rings (SSSR count). The van der Waals surface area contributed by atoms with Gasteiger partial charge in [0, 0.05) is 19.1 Å². The molecule has 0 bridgehead atoms. The summed E-state index contributed by atoms with van der Waals surface area (Å²) in [5.74, 6) is 0.294. The molecule has 0 amide bonds. The molecule has 1 fully saturated rings. The summed E-state index contributed by atoms with van der Waals surface area (Å²) in [5, 5.41) is 3.34. The van der Waals surface area contributed by atoms with Crippen LogP contribution >= 0.6 is 11.6 Å². The lowest BCUT2D eigenvalue weighted by Gasteiger charge is -2.24. The van der Waals surface area contributed by atoms with E-state index in [1.165, 1.54) is 6.07 Å². The van der Waals surface area contributed by atoms with Crippen molar-refractivity contribution in [2.75, 3.05) is 26.3 Å². The number of halogens is 2. The predicted octanol–water partition coefficient (Wildman–Crippen LogP) is 2.87. The van der Waals surface area contributed by atoms with Gasteiger partial charge in [0.1, 0.15) is 22.7 Å². The van der Waals surface area contributed by atoms with Gasteiger partial charge in [0.15, 0.2) is 0 Å². The summed E-state index contributed by atoms with van der Waals surface area (Å²) in [5.41, 5.74) is 0. The van der Waals surface area contributed by atoms with E-state index in [-0.39, 0.29) is 11.1 Å². The van der Waals surface area contributed by atoms with Crippen molar-refractivity contribution in [2.24, 2.45) is 5.92 Å². The molecule has 1 aromatic rings.